The topological polar surface area (TPSA) is 39.4 Å². The van der Waals surface area contributed by atoms with Gasteiger partial charge >= 0.3 is 0 Å². The summed E-state index contributed by atoms with van der Waals surface area (Å²) in [7, 11) is -3.48. The minimum atomic E-state index is -1.77. The van der Waals surface area contributed by atoms with E-state index < -0.39 is 16.1 Å². The van der Waals surface area contributed by atoms with Crippen LogP contribution in [0.5, 0.6) is 5.75 Å². The molecule has 0 radical (unpaired) electrons. The van der Waals surface area contributed by atoms with Crippen molar-refractivity contribution in [2.24, 2.45) is 0 Å². The number of ketones is 1. The predicted molar refractivity (Wildman–Crippen MR) is 104 cm³/mol. The Labute approximate surface area is 146 Å². The minimum Gasteiger partial charge on any atom is -0.482 e. The molecule has 2 heterocycles. The van der Waals surface area contributed by atoms with Crippen LogP contribution in [-0.2, 0) is 0 Å². The molecule has 0 saturated heterocycles. The molecule has 3 nitrogen and oxygen atoms in total. The molecule has 24 heavy (non-hydrogen) atoms. The number of para-hydroxylation sites is 1. The van der Waals surface area contributed by atoms with E-state index in [0.717, 1.165) is 10.9 Å². The Morgan fingerprint density at radius 3 is 2.17 bits per heavy atom. The van der Waals surface area contributed by atoms with Crippen molar-refractivity contribution in [1.29, 1.82) is 0 Å². The van der Waals surface area contributed by atoms with E-state index in [4.69, 9.17) is 9.15 Å². The van der Waals surface area contributed by atoms with Gasteiger partial charge in [-0.25, -0.2) is 0 Å². The van der Waals surface area contributed by atoms with E-state index in [1.807, 2.05) is 31.2 Å². The summed E-state index contributed by atoms with van der Waals surface area (Å²) in [6.45, 7) is 15.7. The van der Waals surface area contributed by atoms with Gasteiger partial charge in [-0.3, -0.25) is 4.79 Å². The number of benzene rings is 1. The lowest BCUT2D eigenvalue weighted by Gasteiger charge is -2.23. The second-order valence-corrected chi connectivity index (χ2v) is 18.6. The summed E-state index contributed by atoms with van der Waals surface area (Å²) in [5.41, 5.74) is 1.43. The first kappa shape index (κ1) is 17.2. The highest BCUT2D eigenvalue weighted by Crippen LogP contribution is 2.34. The number of carbonyl (C=O) groups excluding carboxylic acids is 1. The lowest BCUT2D eigenvalue weighted by Crippen LogP contribution is -2.56. The fourth-order valence-corrected chi connectivity index (χ4v) is 8.60. The van der Waals surface area contributed by atoms with Crippen LogP contribution in [0.4, 0.5) is 0 Å². The van der Waals surface area contributed by atoms with Crippen molar-refractivity contribution in [3.8, 4) is 5.75 Å². The molecule has 0 bridgehead atoms. The molecule has 0 spiro atoms. The summed E-state index contributed by atoms with van der Waals surface area (Å²) in [6, 6.07) is 7.51. The molecule has 3 rings (SSSR count). The maximum atomic E-state index is 13.4. The number of ether oxygens (including phenoxy) is 1. The van der Waals surface area contributed by atoms with Crippen LogP contribution < -0.4 is 15.3 Å². The molecule has 0 N–H and O–H groups in total. The summed E-state index contributed by atoms with van der Waals surface area (Å²) >= 11 is 0. The van der Waals surface area contributed by atoms with Gasteiger partial charge in [0, 0.05) is 0 Å². The maximum Gasteiger partial charge on any atom is 0.200 e. The average molecular weight is 359 g/mol. The van der Waals surface area contributed by atoms with Crippen molar-refractivity contribution in [2.75, 3.05) is 0 Å². The highest BCUT2D eigenvalue weighted by Gasteiger charge is 2.41. The summed E-state index contributed by atoms with van der Waals surface area (Å²) in [6.07, 6.45) is -0.257. The number of carbonyl (C=O) groups is 1. The molecule has 128 valence electrons. The van der Waals surface area contributed by atoms with Crippen LogP contribution in [0.15, 0.2) is 28.7 Å². The third-order valence-electron chi connectivity index (χ3n) is 4.40. The maximum absolute atomic E-state index is 13.4. The first-order valence-corrected chi connectivity index (χ1v) is 15.5. The minimum absolute atomic E-state index is 0.0515. The molecule has 1 aromatic heterocycles. The van der Waals surface area contributed by atoms with Gasteiger partial charge in [0.1, 0.15) is 13.8 Å². The van der Waals surface area contributed by atoms with Crippen LogP contribution in [-0.4, -0.2) is 21.9 Å². The second-order valence-electron chi connectivity index (χ2n) is 8.63. The summed E-state index contributed by atoms with van der Waals surface area (Å²) in [5, 5.41) is 2.28. The van der Waals surface area contributed by atoms with Crippen molar-refractivity contribution in [1.82, 2.24) is 0 Å². The molecule has 0 fully saturated rings. The van der Waals surface area contributed by atoms with Gasteiger partial charge in [-0.2, -0.15) is 0 Å². The van der Waals surface area contributed by atoms with E-state index in [1.54, 1.807) is 0 Å². The van der Waals surface area contributed by atoms with Gasteiger partial charge in [-0.15, -0.1) is 0 Å². The zero-order chi connectivity index (χ0) is 17.9. The van der Waals surface area contributed by atoms with Crippen LogP contribution in [0.1, 0.15) is 34.7 Å². The zero-order valence-electron chi connectivity index (χ0n) is 15.6. The van der Waals surface area contributed by atoms with Crippen molar-refractivity contribution in [2.45, 2.75) is 52.3 Å². The second kappa shape index (κ2) is 5.46. The Hall–Kier alpha value is -1.60. The largest absolute Gasteiger partial charge is 0.482 e. The molecular formula is C19H26O3Si2. The van der Waals surface area contributed by atoms with Crippen LogP contribution in [0.2, 0.25) is 39.3 Å². The Morgan fingerprint density at radius 1 is 0.958 bits per heavy atom. The van der Waals surface area contributed by atoms with E-state index in [2.05, 4.69) is 39.3 Å². The fourth-order valence-electron chi connectivity index (χ4n) is 3.34. The molecule has 1 aliphatic heterocycles. The summed E-state index contributed by atoms with van der Waals surface area (Å²) in [4.78, 5) is 13.4. The van der Waals surface area contributed by atoms with Crippen LogP contribution in [0, 0.1) is 0 Å². The molecule has 5 heteroatoms. The molecular weight excluding hydrogens is 332 g/mol. The van der Waals surface area contributed by atoms with Crippen molar-refractivity contribution >= 4 is 32.5 Å². The third-order valence-corrected chi connectivity index (χ3v) is 8.34. The van der Waals surface area contributed by atoms with Gasteiger partial charge in [0.15, 0.2) is 17.6 Å². The van der Waals surface area contributed by atoms with Gasteiger partial charge in [0.05, 0.1) is 24.6 Å². The lowest BCUT2D eigenvalue weighted by atomic mass is 10.0. The number of fused-ring (bicyclic) bond motifs is 2. The van der Waals surface area contributed by atoms with Crippen molar-refractivity contribution in [3.63, 3.8) is 0 Å². The van der Waals surface area contributed by atoms with Gasteiger partial charge in [-0.05, 0) is 24.2 Å². The first-order valence-electron chi connectivity index (χ1n) is 8.50. The molecule has 1 aromatic carbocycles. The van der Waals surface area contributed by atoms with Gasteiger partial charge in [0.2, 0.25) is 0 Å². The molecule has 0 aliphatic carbocycles. The summed E-state index contributed by atoms with van der Waals surface area (Å²) in [5.74, 6) is 1.42. The van der Waals surface area contributed by atoms with Crippen LogP contribution in [0.3, 0.4) is 0 Å². The van der Waals surface area contributed by atoms with Crippen LogP contribution >= 0.6 is 0 Å². The van der Waals surface area contributed by atoms with Gasteiger partial charge in [-0.1, -0.05) is 51.4 Å². The monoisotopic (exact) mass is 358 g/mol. The van der Waals surface area contributed by atoms with E-state index in [-0.39, 0.29) is 11.9 Å². The smallest absolute Gasteiger partial charge is 0.200 e. The van der Waals surface area contributed by atoms with E-state index in [9.17, 15) is 4.79 Å². The quantitative estimate of drug-likeness (QED) is 0.760. The Kier molecular flexibility index (Phi) is 3.92. The average Bonchev–Trinajstić information content (AvgIpc) is 2.83. The molecule has 0 saturated carbocycles. The SMILES string of the molecule is CC1Oc2ccccc2C(=O)c2c1oc([Si](C)(C)C)c2[Si](C)(C)C. The number of hydrogen-bond acceptors (Lipinski definition) is 3. The van der Waals surface area contributed by atoms with Crippen LogP contribution in [0.25, 0.3) is 0 Å². The lowest BCUT2D eigenvalue weighted by molar-refractivity contribution is 0.103. The Morgan fingerprint density at radius 2 is 1.58 bits per heavy atom. The molecule has 1 aliphatic rings. The highest BCUT2D eigenvalue weighted by atomic mass is 28.3. The number of furan rings is 1. The molecule has 0 amide bonds. The molecule has 1 atom stereocenters. The highest BCUT2D eigenvalue weighted by molar-refractivity contribution is 6.98. The predicted octanol–water partition coefficient (Wildman–Crippen LogP) is 4.05. The van der Waals surface area contributed by atoms with Gasteiger partial charge < -0.3 is 9.15 Å². The Bertz CT molecular complexity index is 807. The zero-order valence-corrected chi connectivity index (χ0v) is 17.6. The van der Waals surface area contributed by atoms with Gasteiger partial charge in [0.25, 0.3) is 0 Å². The number of hydrogen-bond donors (Lipinski definition) is 0. The number of rotatable bonds is 2. The van der Waals surface area contributed by atoms with Crippen molar-refractivity contribution < 1.29 is 13.9 Å². The van der Waals surface area contributed by atoms with Crippen molar-refractivity contribution in [3.05, 3.63) is 41.2 Å². The normalized spacial score (nSPS) is 17.8. The van der Waals surface area contributed by atoms with E-state index in [1.165, 1.54) is 5.19 Å². The van der Waals surface area contributed by atoms with E-state index >= 15 is 0 Å². The standard InChI is InChI=1S/C19H26O3Si2/c1-12-17-15(16(20)13-10-8-9-11-14(13)21-12)18(23(2,3)4)19(22-17)24(5,6)7/h8-12H,1-7H3. The first-order chi connectivity index (χ1) is 11.0. The molecule has 1 unspecified atom stereocenters. The fraction of sp³-hybridized carbons (Fsp3) is 0.421. The summed E-state index contributed by atoms with van der Waals surface area (Å²) < 4.78 is 12.4. The Balaban J connectivity index is 2.37. The van der Waals surface area contributed by atoms with E-state index in [0.29, 0.717) is 17.1 Å². The third kappa shape index (κ3) is 2.69. The molecule has 2 aromatic rings.